The highest BCUT2D eigenvalue weighted by atomic mass is 19.1. The van der Waals surface area contributed by atoms with E-state index < -0.39 is 0 Å². The number of pyridine rings is 1. The molecule has 0 amide bonds. The second-order valence-corrected chi connectivity index (χ2v) is 3.40. The van der Waals surface area contributed by atoms with E-state index in [-0.39, 0.29) is 11.7 Å². The standard InChI is InChI=1S/C10H12FNO/c11-9-5-2-6-12-10(9)13-7-8-3-1-4-8/h2,5-6,8H,1,3-4,7H2. The Labute approximate surface area is 76.7 Å². The van der Waals surface area contributed by atoms with Gasteiger partial charge < -0.3 is 4.74 Å². The van der Waals surface area contributed by atoms with Crippen LogP contribution in [0.5, 0.6) is 5.88 Å². The lowest BCUT2D eigenvalue weighted by molar-refractivity contribution is 0.170. The van der Waals surface area contributed by atoms with Crippen molar-refractivity contribution in [3.63, 3.8) is 0 Å². The Morgan fingerprint density at radius 3 is 3.00 bits per heavy atom. The quantitative estimate of drug-likeness (QED) is 0.714. The molecule has 0 aromatic carbocycles. The summed E-state index contributed by atoms with van der Waals surface area (Å²) < 4.78 is 18.2. The van der Waals surface area contributed by atoms with E-state index in [9.17, 15) is 4.39 Å². The Hall–Kier alpha value is -1.12. The molecule has 1 aromatic heterocycles. The van der Waals surface area contributed by atoms with Crippen molar-refractivity contribution in [2.75, 3.05) is 6.61 Å². The number of aromatic nitrogens is 1. The second-order valence-electron chi connectivity index (χ2n) is 3.40. The van der Waals surface area contributed by atoms with E-state index in [1.807, 2.05) is 0 Å². The van der Waals surface area contributed by atoms with Crippen LogP contribution in [0.25, 0.3) is 0 Å². The Morgan fingerprint density at radius 2 is 2.38 bits per heavy atom. The maximum atomic E-state index is 13.0. The van der Waals surface area contributed by atoms with Crippen LogP contribution in [0.2, 0.25) is 0 Å². The summed E-state index contributed by atoms with van der Waals surface area (Å²) in [5, 5.41) is 0. The third-order valence-electron chi connectivity index (χ3n) is 2.41. The Balaban J connectivity index is 1.89. The van der Waals surface area contributed by atoms with Crippen LogP contribution in [0, 0.1) is 11.7 Å². The highest BCUT2D eigenvalue weighted by Crippen LogP contribution is 2.27. The molecule has 0 radical (unpaired) electrons. The predicted molar refractivity (Wildman–Crippen MR) is 47.0 cm³/mol. The Kier molecular flexibility index (Phi) is 2.43. The summed E-state index contributed by atoms with van der Waals surface area (Å²) in [6.45, 7) is 0.605. The number of halogens is 1. The summed E-state index contributed by atoms with van der Waals surface area (Å²) in [5.74, 6) is 0.373. The molecule has 0 saturated heterocycles. The van der Waals surface area contributed by atoms with Gasteiger partial charge >= 0.3 is 0 Å². The Bertz CT molecular complexity index is 286. The third kappa shape index (κ3) is 1.97. The zero-order valence-electron chi connectivity index (χ0n) is 7.37. The second kappa shape index (κ2) is 3.73. The number of rotatable bonds is 3. The van der Waals surface area contributed by atoms with Gasteiger partial charge in [0.05, 0.1) is 6.61 Å². The monoisotopic (exact) mass is 181 g/mol. The number of hydrogen-bond donors (Lipinski definition) is 0. The van der Waals surface area contributed by atoms with E-state index in [1.165, 1.54) is 25.3 Å². The van der Waals surface area contributed by atoms with Crippen LogP contribution in [-0.4, -0.2) is 11.6 Å². The molecule has 1 aromatic rings. The van der Waals surface area contributed by atoms with E-state index in [1.54, 1.807) is 12.3 Å². The molecule has 0 spiro atoms. The van der Waals surface area contributed by atoms with E-state index in [4.69, 9.17) is 4.74 Å². The summed E-state index contributed by atoms with van der Waals surface area (Å²) in [7, 11) is 0. The molecule has 1 heterocycles. The molecule has 3 heteroatoms. The van der Waals surface area contributed by atoms with Gasteiger partial charge in [-0.15, -0.1) is 0 Å². The van der Waals surface area contributed by atoms with Gasteiger partial charge in [-0.25, -0.2) is 9.37 Å². The van der Waals surface area contributed by atoms with Gasteiger partial charge in [-0.3, -0.25) is 0 Å². The lowest BCUT2D eigenvalue weighted by Crippen LogP contribution is -2.19. The first-order valence-electron chi connectivity index (χ1n) is 4.59. The number of nitrogens with zero attached hydrogens (tertiary/aromatic N) is 1. The molecule has 1 fully saturated rings. The fourth-order valence-electron chi connectivity index (χ4n) is 1.33. The molecule has 1 aliphatic carbocycles. The molecule has 0 atom stereocenters. The summed E-state index contributed by atoms with van der Waals surface area (Å²) in [4.78, 5) is 3.81. The summed E-state index contributed by atoms with van der Waals surface area (Å²) in [5.41, 5.74) is 0. The summed E-state index contributed by atoms with van der Waals surface area (Å²) in [6.07, 6.45) is 5.22. The summed E-state index contributed by atoms with van der Waals surface area (Å²) in [6, 6.07) is 2.93. The minimum atomic E-state index is -0.373. The highest BCUT2D eigenvalue weighted by Gasteiger charge is 2.18. The van der Waals surface area contributed by atoms with Gasteiger partial charge in [0.2, 0.25) is 5.88 Å². The van der Waals surface area contributed by atoms with Crippen LogP contribution < -0.4 is 4.74 Å². The molecular weight excluding hydrogens is 169 g/mol. The highest BCUT2D eigenvalue weighted by molar-refractivity contribution is 5.12. The van der Waals surface area contributed by atoms with Gasteiger partial charge in [-0.1, -0.05) is 6.42 Å². The number of hydrogen-bond acceptors (Lipinski definition) is 2. The average molecular weight is 181 g/mol. The number of ether oxygens (including phenoxy) is 1. The van der Waals surface area contributed by atoms with E-state index in [0.717, 1.165) is 0 Å². The van der Waals surface area contributed by atoms with Crippen LogP contribution in [0.15, 0.2) is 18.3 Å². The minimum Gasteiger partial charge on any atom is -0.475 e. The third-order valence-corrected chi connectivity index (χ3v) is 2.41. The van der Waals surface area contributed by atoms with E-state index >= 15 is 0 Å². The molecular formula is C10H12FNO. The van der Waals surface area contributed by atoms with Crippen LogP contribution in [0.4, 0.5) is 4.39 Å². The van der Waals surface area contributed by atoms with Crippen molar-refractivity contribution >= 4 is 0 Å². The SMILES string of the molecule is Fc1cccnc1OCC1CCC1. The zero-order valence-corrected chi connectivity index (χ0v) is 7.37. The molecule has 0 aliphatic heterocycles. The van der Waals surface area contributed by atoms with Crippen molar-refractivity contribution in [2.24, 2.45) is 5.92 Å². The minimum absolute atomic E-state index is 0.134. The molecule has 0 N–H and O–H groups in total. The first-order valence-corrected chi connectivity index (χ1v) is 4.59. The lowest BCUT2D eigenvalue weighted by Gasteiger charge is -2.24. The van der Waals surface area contributed by atoms with Crippen molar-refractivity contribution in [3.05, 3.63) is 24.1 Å². The van der Waals surface area contributed by atoms with Gasteiger partial charge in [-0.2, -0.15) is 0 Å². The maximum Gasteiger partial charge on any atom is 0.250 e. The molecule has 2 nitrogen and oxygen atoms in total. The van der Waals surface area contributed by atoms with Gasteiger partial charge in [0.1, 0.15) is 0 Å². The zero-order chi connectivity index (χ0) is 9.10. The van der Waals surface area contributed by atoms with Gasteiger partial charge in [0, 0.05) is 6.20 Å². The van der Waals surface area contributed by atoms with Crippen molar-refractivity contribution in [1.82, 2.24) is 4.98 Å². The van der Waals surface area contributed by atoms with E-state index in [2.05, 4.69) is 4.98 Å². The van der Waals surface area contributed by atoms with Crippen LogP contribution in [0.3, 0.4) is 0 Å². The summed E-state index contributed by atoms with van der Waals surface area (Å²) >= 11 is 0. The van der Waals surface area contributed by atoms with Crippen molar-refractivity contribution in [3.8, 4) is 5.88 Å². The molecule has 0 unspecified atom stereocenters. The smallest absolute Gasteiger partial charge is 0.250 e. The van der Waals surface area contributed by atoms with Crippen LogP contribution in [-0.2, 0) is 0 Å². The predicted octanol–water partition coefficient (Wildman–Crippen LogP) is 2.40. The van der Waals surface area contributed by atoms with Gasteiger partial charge in [-0.05, 0) is 30.9 Å². The van der Waals surface area contributed by atoms with Gasteiger partial charge in [0.25, 0.3) is 0 Å². The lowest BCUT2D eigenvalue weighted by atomic mass is 9.86. The van der Waals surface area contributed by atoms with Crippen molar-refractivity contribution in [1.29, 1.82) is 0 Å². The fourth-order valence-corrected chi connectivity index (χ4v) is 1.33. The molecule has 70 valence electrons. The molecule has 1 saturated carbocycles. The van der Waals surface area contributed by atoms with Crippen LogP contribution in [0.1, 0.15) is 19.3 Å². The first kappa shape index (κ1) is 8.48. The first-order chi connectivity index (χ1) is 6.36. The van der Waals surface area contributed by atoms with Crippen molar-refractivity contribution < 1.29 is 9.13 Å². The normalized spacial score (nSPS) is 16.7. The molecule has 13 heavy (non-hydrogen) atoms. The maximum absolute atomic E-state index is 13.0. The average Bonchev–Trinajstić information content (AvgIpc) is 2.05. The molecule has 1 aliphatic rings. The largest absolute Gasteiger partial charge is 0.475 e. The van der Waals surface area contributed by atoms with E-state index in [0.29, 0.717) is 12.5 Å². The topological polar surface area (TPSA) is 22.1 Å². The van der Waals surface area contributed by atoms with Crippen molar-refractivity contribution in [2.45, 2.75) is 19.3 Å². The van der Waals surface area contributed by atoms with Crippen LogP contribution >= 0.6 is 0 Å². The fraction of sp³-hybridized carbons (Fsp3) is 0.500. The van der Waals surface area contributed by atoms with Gasteiger partial charge in [0.15, 0.2) is 5.82 Å². The molecule has 0 bridgehead atoms. The molecule has 2 rings (SSSR count). The Morgan fingerprint density at radius 1 is 1.54 bits per heavy atom.